The van der Waals surface area contributed by atoms with Gasteiger partial charge in [-0.2, -0.15) is 0 Å². The van der Waals surface area contributed by atoms with Crippen molar-refractivity contribution in [1.29, 1.82) is 0 Å². The average Bonchev–Trinajstić information content (AvgIpc) is 2.27. The Hall–Kier alpha value is -1.32. The quantitative estimate of drug-likeness (QED) is 0.835. The predicted molar refractivity (Wildman–Crippen MR) is 67.4 cm³/mol. The van der Waals surface area contributed by atoms with Crippen molar-refractivity contribution >= 4 is 5.69 Å². The lowest BCUT2D eigenvalue weighted by Crippen LogP contribution is -2.20. The van der Waals surface area contributed by atoms with Crippen LogP contribution in [-0.4, -0.2) is 6.61 Å². The van der Waals surface area contributed by atoms with Crippen LogP contribution in [-0.2, 0) is 0 Å². The predicted octanol–water partition coefficient (Wildman–Crippen LogP) is 3.75. The monoisotopic (exact) mass is 255 g/mol. The zero-order valence-electron chi connectivity index (χ0n) is 10.6. The first-order valence-corrected chi connectivity index (χ1v) is 6.43. The highest BCUT2D eigenvalue weighted by Crippen LogP contribution is 2.30. The molecule has 0 bridgehead atoms. The number of nitrogen functional groups attached to an aromatic ring is 1. The van der Waals surface area contributed by atoms with Gasteiger partial charge in [-0.25, -0.2) is 8.78 Å². The van der Waals surface area contributed by atoms with Crippen molar-refractivity contribution in [2.45, 2.75) is 32.6 Å². The van der Waals surface area contributed by atoms with Gasteiger partial charge in [0, 0.05) is 17.8 Å². The van der Waals surface area contributed by atoms with E-state index in [2.05, 4.69) is 6.92 Å². The first-order chi connectivity index (χ1) is 8.56. The molecule has 2 atom stereocenters. The normalized spacial score (nSPS) is 23.9. The highest BCUT2D eigenvalue weighted by atomic mass is 19.1. The van der Waals surface area contributed by atoms with E-state index in [9.17, 15) is 8.78 Å². The van der Waals surface area contributed by atoms with Crippen LogP contribution in [0.25, 0.3) is 0 Å². The van der Waals surface area contributed by atoms with Crippen LogP contribution in [0.2, 0.25) is 0 Å². The van der Waals surface area contributed by atoms with Crippen LogP contribution in [0.15, 0.2) is 12.1 Å². The minimum absolute atomic E-state index is 0.0728. The molecule has 4 heteroatoms. The zero-order valence-corrected chi connectivity index (χ0v) is 10.6. The topological polar surface area (TPSA) is 35.2 Å². The van der Waals surface area contributed by atoms with Crippen LogP contribution in [0, 0.1) is 23.5 Å². The number of benzene rings is 1. The molecule has 1 saturated carbocycles. The Bertz CT molecular complexity index is 399. The Balaban J connectivity index is 1.97. The van der Waals surface area contributed by atoms with Crippen LogP contribution in [0.3, 0.4) is 0 Å². The Morgan fingerprint density at radius 1 is 1.28 bits per heavy atom. The number of hydrogen-bond acceptors (Lipinski definition) is 2. The Kier molecular flexibility index (Phi) is 4.04. The van der Waals surface area contributed by atoms with Gasteiger partial charge in [-0.15, -0.1) is 0 Å². The van der Waals surface area contributed by atoms with Crippen LogP contribution in [0.1, 0.15) is 32.6 Å². The van der Waals surface area contributed by atoms with Crippen molar-refractivity contribution in [1.82, 2.24) is 0 Å². The molecular formula is C14H19F2NO. The second kappa shape index (κ2) is 5.55. The minimum Gasteiger partial charge on any atom is -0.487 e. The molecule has 2 nitrogen and oxygen atoms in total. The molecule has 2 N–H and O–H groups in total. The molecule has 1 aliphatic rings. The Morgan fingerprint density at radius 2 is 1.94 bits per heavy atom. The summed E-state index contributed by atoms with van der Waals surface area (Å²) in [5.74, 6) is -0.686. The fourth-order valence-corrected chi connectivity index (χ4v) is 2.63. The van der Waals surface area contributed by atoms with Crippen molar-refractivity contribution in [3.8, 4) is 5.75 Å². The lowest BCUT2D eigenvalue weighted by Gasteiger charge is -2.26. The summed E-state index contributed by atoms with van der Waals surface area (Å²) in [6.07, 6.45) is 4.55. The van der Waals surface area contributed by atoms with Crippen LogP contribution in [0.5, 0.6) is 5.75 Å². The van der Waals surface area contributed by atoms with E-state index in [-0.39, 0.29) is 11.4 Å². The molecule has 1 aliphatic carbocycles. The fourth-order valence-electron chi connectivity index (χ4n) is 2.63. The lowest BCUT2D eigenvalue weighted by molar-refractivity contribution is 0.172. The highest BCUT2D eigenvalue weighted by Gasteiger charge is 2.21. The molecule has 0 radical (unpaired) electrons. The number of ether oxygens (including phenoxy) is 1. The second-order valence-electron chi connectivity index (χ2n) is 5.26. The maximum absolute atomic E-state index is 13.5. The third-order valence-electron chi connectivity index (χ3n) is 3.53. The molecular weight excluding hydrogens is 236 g/mol. The summed E-state index contributed by atoms with van der Waals surface area (Å²) in [5.41, 5.74) is 5.42. The van der Waals surface area contributed by atoms with Gasteiger partial charge in [0.2, 0.25) is 0 Å². The molecule has 0 spiro atoms. The van der Waals surface area contributed by atoms with E-state index < -0.39 is 11.6 Å². The number of hydrogen-bond donors (Lipinski definition) is 1. The van der Waals surface area contributed by atoms with E-state index in [0.29, 0.717) is 18.4 Å². The number of anilines is 1. The van der Waals surface area contributed by atoms with E-state index in [4.69, 9.17) is 10.5 Å². The average molecular weight is 255 g/mol. The summed E-state index contributed by atoms with van der Waals surface area (Å²) in [4.78, 5) is 0. The third-order valence-corrected chi connectivity index (χ3v) is 3.53. The lowest BCUT2D eigenvalue weighted by atomic mass is 9.83. The SMILES string of the molecule is CC1CCCC(COc2c(F)cc(N)cc2F)C1. The van der Waals surface area contributed by atoms with Gasteiger partial charge >= 0.3 is 0 Å². The van der Waals surface area contributed by atoms with E-state index in [1.165, 1.54) is 12.8 Å². The maximum atomic E-state index is 13.5. The molecule has 0 aromatic heterocycles. The highest BCUT2D eigenvalue weighted by molar-refractivity contribution is 5.44. The van der Waals surface area contributed by atoms with Crippen molar-refractivity contribution < 1.29 is 13.5 Å². The summed E-state index contributed by atoms with van der Waals surface area (Å²) in [7, 11) is 0. The first-order valence-electron chi connectivity index (χ1n) is 6.43. The summed E-state index contributed by atoms with van der Waals surface area (Å²) < 4.78 is 32.3. The minimum atomic E-state index is -0.726. The first kappa shape index (κ1) is 13.1. The second-order valence-corrected chi connectivity index (χ2v) is 5.26. The van der Waals surface area contributed by atoms with Gasteiger partial charge in [-0.1, -0.05) is 19.8 Å². The van der Waals surface area contributed by atoms with Crippen LogP contribution in [0.4, 0.5) is 14.5 Å². The number of rotatable bonds is 3. The van der Waals surface area contributed by atoms with Crippen LogP contribution < -0.4 is 10.5 Å². The van der Waals surface area contributed by atoms with Gasteiger partial charge in [-0.05, 0) is 24.7 Å². The Labute approximate surface area is 106 Å². The molecule has 0 amide bonds. The molecule has 1 aromatic rings. The van der Waals surface area contributed by atoms with Gasteiger partial charge < -0.3 is 10.5 Å². The van der Waals surface area contributed by atoms with Crippen molar-refractivity contribution in [3.63, 3.8) is 0 Å². The molecule has 2 unspecified atom stereocenters. The number of nitrogens with two attached hydrogens (primary N) is 1. The van der Waals surface area contributed by atoms with Crippen molar-refractivity contribution in [2.75, 3.05) is 12.3 Å². The molecule has 2 rings (SSSR count). The maximum Gasteiger partial charge on any atom is 0.190 e. The van der Waals surface area contributed by atoms with E-state index in [0.717, 1.165) is 25.0 Å². The van der Waals surface area contributed by atoms with Gasteiger partial charge in [0.05, 0.1) is 6.61 Å². The molecule has 0 saturated heterocycles. The zero-order chi connectivity index (χ0) is 13.1. The molecule has 0 aliphatic heterocycles. The molecule has 18 heavy (non-hydrogen) atoms. The van der Waals surface area contributed by atoms with Crippen LogP contribution >= 0.6 is 0 Å². The van der Waals surface area contributed by atoms with E-state index in [1.54, 1.807) is 0 Å². The van der Waals surface area contributed by atoms with Crippen molar-refractivity contribution in [3.05, 3.63) is 23.8 Å². The molecule has 1 aromatic carbocycles. The largest absolute Gasteiger partial charge is 0.487 e. The standard InChI is InChI=1S/C14H19F2NO/c1-9-3-2-4-10(5-9)8-18-14-12(15)6-11(17)7-13(14)16/h6-7,9-10H,2-5,8,17H2,1H3. The van der Waals surface area contributed by atoms with Gasteiger partial charge in [0.15, 0.2) is 17.4 Å². The molecule has 1 fully saturated rings. The number of halogens is 2. The summed E-state index contributed by atoms with van der Waals surface area (Å²) in [6.45, 7) is 2.58. The fraction of sp³-hybridized carbons (Fsp3) is 0.571. The molecule has 0 heterocycles. The third kappa shape index (κ3) is 3.12. The summed E-state index contributed by atoms with van der Waals surface area (Å²) in [6, 6.07) is 2.17. The van der Waals surface area contributed by atoms with Gasteiger partial charge in [-0.3, -0.25) is 0 Å². The summed E-state index contributed by atoms with van der Waals surface area (Å²) >= 11 is 0. The summed E-state index contributed by atoms with van der Waals surface area (Å²) in [5, 5.41) is 0. The van der Waals surface area contributed by atoms with Crippen molar-refractivity contribution in [2.24, 2.45) is 11.8 Å². The Morgan fingerprint density at radius 3 is 2.56 bits per heavy atom. The van der Waals surface area contributed by atoms with E-state index >= 15 is 0 Å². The van der Waals surface area contributed by atoms with Gasteiger partial charge in [0.25, 0.3) is 0 Å². The smallest absolute Gasteiger partial charge is 0.190 e. The molecule has 100 valence electrons. The van der Waals surface area contributed by atoms with E-state index in [1.807, 2.05) is 0 Å². The van der Waals surface area contributed by atoms with Gasteiger partial charge in [0.1, 0.15) is 0 Å².